The number of carboxylic acid groups (broad SMARTS) is 1. The monoisotopic (exact) mass is 245 g/mol. The standard InChI is InChI=1S/C9H5Cl2NO3/c10-3-1-4-6(12)8(9(13)14)15-7(4)5(11)2-3/h1-2H,12H2,(H,13,14). The third-order valence-electron chi connectivity index (χ3n) is 1.94. The van der Waals surface area contributed by atoms with Crippen LogP contribution in [0, 0.1) is 0 Å². The molecule has 2 rings (SSSR count). The molecule has 6 heteroatoms. The Labute approximate surface area is 94.2 Å². The molecular formula is C9H5Cl2NO3. The Hall–Kier alpha value is -1.39. The number of hydrogen-bond donors (Lipinski definition) is 2. The highest BCUT2D eigenvalue weighted by Crippen LogP contribution is 2.35. The molecule has 0 saturated heterocycles. The molecule has 0 atom stereocenters. The average Bonchev–Trinajstić information content (AvgIpc) is 2.44. The summed E-state index contributed by atoms with van der Waals surface area (Å²) >= 11 is 11.6. The van der Waals surface area contributed by atoms with Crippen LogP contribution in [0.15, 0.2) is 16.5 Å². The van der Waals surface area contributed by atoms with E-state index in [1.54, 1.807) is 0 Å². The van der Waals surface area contributed by atoms with Gasteiger partial charge in [-0.3, -0.25) is 0 Å². The first-order chi connectivity index (χ1) is 7.00. The molecule has 1 heterocycles. The van der Waals surface area contributed by atoms with Crippen LogP contribution in [0.1, 0.15) is 10.6 Å². The summed E-state index contributed by atoms with van der Waals surface area (Å²) in [6.45, 7) is 0. The maximum absolute atomic E-state index is 10.7. The van der Waals surface area contributed by atoms with Crippen molar-refractivity contribution >= 4 is 45.8 Å². The number of halogens is 2. The van der Waals surface area contributed by atoms with Gasteiger partial charge in [0.15, 0.2) is 5.58 Å². The lowest BCUT2D eigenvalue weighted by molar-refractivity contribution is 0.0666. The van der Waals surface area contributed by atoms with E-state index in [9.17, 15) is 4.79 Å². The molecule has 0 amide bonds. The minimum atomic E-state index is -1.24. The van der Waals surface area contributed by atoms with Crippen LogP contribution in [-0.2, 0) is 0 Å². The third kappa shape index (κ3) is 1.52. The van der Waals surface area contributed by atoms with E-state index in [-0.39, 0.29) is 22.1 Å². The first-order valence-electron chi connectivity index (χ1n) is 3.91. The highest BCUT2D eigenvalue weighted by molar-refractivity contribution is 6.38. The second kappa shape index (κ2) is 3.32. The van der Waals surface area contributed by atoms with Gasteiger partial charge in [-0.05, 0) is 12.1 Å². The number of nitrogen functional groups attached to an aromatic ring is 1. The zero-order valence-corrected chi connectivity index (χ0v) is 8.76. The Morgan fingerprint density at radius 2 is 2.07 bits per heavy atom. The van der Waals surface area contributed by atoms with Crippen LogP contribution < -0.4 is 5.73 Å². The van der Waals surface area contributed by atoms with Gasteiger partial charge in [-0.2, -0.15) is 0 Å². The van der Waals surface area contributed by atoms with Gasteiger partial charge in [-0.15, -0.1) is 0 Å². The van der Waals surface area contributed by atoms with Gasteiger partial charge in [0.1, 0.15) is 0 Å². The molecule has 4 nitrogen and oxygen atoms in total. The molecule has 2 aromatic rings. The van der Waals surface area contributed by atoms with E-state index in [0.29, 0.717) is 10.4 Å². The van der Waals surface area contributed by atoms with Gasteiger partial charge >= 0.3 is 5.97 Å². The highest BCUT2D eigenvalue weighted by atomic mass is 35.5. The van der Waals surface area contributed by atoms with Gasteiger partial charge in [0.25, 0.3) is 0 Å². The van der Waals surface area contributed by atoms with E-state index in [2.05, 4.69) is 0 Å². The largest absolute Gasteiger partial charge is 0.475 e. The molecule has 15 heavy (non-hydrogen) atoms. The Kier molecular flexibility index (Phi) is 2.25. The quantitative estimate of drug-likeness (QED) is 0.810. The number of fused-ring (bicyclic) bond motifs is 1. The maximum atomic E-state index is 10.7. The SMILES string of the molecule is Nc1c(C(=O)O)oc2c(Cl)cc(Cl)cc12. The predicted molar refractivity (Wildman–Crippen MR) is 57.6 cm³/mol. The zero-order valence-electron chi connectivity index (χ0n) is 7.25. The van der Waals surface area contributed by atoms with E-state index >= 15 is 0 Å². The van der Waals surface area contributed by atoms with Gasteiger partial charge in [0.05, 0.1) is 10.7 Å². The van der Waals surface area contributed by atoms with Crippen LogP contribution in [-0.4, -0.2) is 11.1 Å². The van der Waals surface area contributed by atoms with Crippen molar-refractivity contribution in [1.82, 2.24) is 0 Å². The van der Waals surface area contributed by atoms with Crippen LogP contribution in [0.5, 0.6) is 0 Å². The van der Waals surface area contributed by atoms with Crippen molar-refractivity contribution in [3.8, 4) is 0 Å². The van der Waals surface area contributed by atoms with Crippen LogP contribution >= 0.6 is 23.2 Å². The molecule has 0 radical (unpaired) electrons. The fourth-order valence-electron chi connectivity index (χ4n) is 1.30. The van der Waals surface area contributed by atoms with Crippen molar-refractivity contribution in [3.05, 3.63) is 27.9 Å². The summed E-state index contributed by atoms with van der Waals surface area (Å²) < 4.78 is 5.03. The smallest absolute Gasteiger partial charge is 0.374 e. The molecule has 3 N–H and O–H groups in total. The van der Waals surface area contributed by atoms with Crippen molar-refractivity contribution in [2.24, 2.45) is 0 Å². The molecule has 0 unspecified atom stereocenters. The van der Waals surface area contributed by atoms with Crippen LogP contribution in [0.25, 0.3) is 11.0 Å². The van der Waals surface area contributed by atoms with Crippen molar-refractivity contribution in [2.45, 2.75) is 0 Å². The summed E-state index contributed by atoms with van der Waals surface area (Å²) in [6.07, 6.45) is 0. The Bertz CT molecular complexity index is 562. The van der Waals surface area contributed by atoms with Crippen molar-refractivity contribution in [3.63, 3.8) is 0 Å². The lowest BCUT2D eigenvalue weighted by Crippen LogP contribution is -1.98. The highest BCUT2D eigenvalue weighted by Gasteiger charge is 2.19. The van der Waals surface area contributed by atoms with Crippen molar-refractivity contribution in [2.75, 3.05) is 5.73 Å². The second-order valence-electron chi connectivity index (χ2n) is 2.91. The summed E-state index contributed by atoms with van der Waals surface area (Å²) in [5.41, 5.74) is 5.85. The maximum Gasteiger partial charge on any atom is 0.374 e. The van der Waals surface area contributed by atoms with Gasteiger partial charge in [-0.1, -0.05) is 23.2 Å². The van der Waals surface area contributed by atoms with Gasteiger partial charge < -0.3 is 15.3 Å². The van der Waals surface area contributed by atoms with E-state index < -0.39 is 5.97 Å². The van der Waals surface area contributed by atoms with Gasteiger partial charge in [0.2, 0.25) is 5.76 Å². The molecule has 1 aromatic carbocycles. The average molecular weight is 246 g/mol. The molecule has 0 fully saturated rings. The molecule has 1 aromatic heterocycles. The fraction of sp³-hybridized carbons (Fsp3) is 0. The number of anilines is 1. The number of carbonyl (C=O) groups is 1. The zero-order chi connectivity index (χ0) is 11.2. The van der Waals surface area contributed by atoms with Gasteiger partial charge in [-0.25, -0.2) is 4.79 Å². The first-order valence-corrected chi connectivity index (χ1v) is 4.66. The number of rotatable bonds is 1. The number of nitrogens with two attached hydrogens (primary N) is 1. The third-order valence-corrected chi connectivity index (χ3v) is 2.44. The van der Waals surface area contributed by atoms with E-state index in [4.69, 9.17) is 38.5 Å². The molecule has 0 saturated carbocycles. The van der Waals surface area contributed by atoms with E-state index in [1.807, 2.05) is 0 Å². The first kappa shape index (κ1) is 10.1. The normalized spacial score (nSPS) is 10.8. The van der Waals surface area contributed by atoms with Crippen molar-refractivity contribution < 1.29 is 14.3 Å². The summed E-state index contributed by atoms with van der Waals surface area (Å²) in [5, 5.41) is 9.79. The van der Waals surface area contributed by atoms with Gasteiger partial charge in [0, 0.05) is 10.4 Å². The number of furan rings is 1. The van der Waals surface area contributed by atoms with E-state index in [1.165, 1.54) is 12.1 Å². The summed E-state index contributed by atoms with van der Waals surface area (Å²) in [7, 11) is 0. The van der Waals surface area contributed by atoms with E-state index in [0.717, 1.165) is 0 Å². The van der Waals surface area contributed by atoms with Crippen LogP contribution in [0.2, 0.25) is 10.0 Å². The minimum Gasteiger partial charge on any atom is -0.475 e. The lowest BCUT2D eigenvalue weighted by Gasteiger charge is -1.93. The molecule has 0 spiro atoms. The lowest BCUT2D eigenvalue weighted by atomic mass is 10.2. The molecule has 0 bridgehead atoms. The fourth-order valence-corrected chi connectivity index (χ4v) is 1.83. The van der Waals surface area contributed by atoms with Crippen LogP contribution in [0.4, 0.5) is 5.69 Å². The Balaban J connectivity index is 2.88. The molecule has 0 aliphatic carbocycles. The Morgan fingerprint density at radius 3 is 2.67 bits per heavy atom. The molecule has 0 aliphatic rings. The predicted octanol–water partition coefficient (Wildman–Crippen LogP) is 3.02. The topological polar surface area (TPSA) is 76.5 Å². The summed E-state index contributed by atoms with van der Waals surface area (Å²) in [5.74, 6) is -1.56. The number of carboxylic acids is 1. The van der Waals surface area contributed by atoms with Crippen molar-refractivity contribution in [1.29, 1.82) is 0 Å². The summed E-state index contributed by atoms with van der Waals surface area (Å²) in [4.78, 5) is 10.7. The number of aromatic carboxylic acids is 1. The number of hydrogen-bond acceptors (Lipinski definition) is 3. The molecule has 0 aliphatic heterocycles. The summed E-state index contributed by atoms with van der Waals surface area (Å²) in [6, 6.07) is 2.97. The number of benzene rings is 1. The molecule has 78 valence electrons. The van der Waals surface area contributed by atoms with Crippen LogP contribution in [0.3, 0.4) is 0 Å². The Morgan fingerprint density at radius 1 is 1.40 bits per heavy atom. The molecular weight excluding hydrogens is 241 g/mol. The minimum absolute atomic E-state index is 0.0295. The second-order valence-corrected chi connectivity index (χ2v) is 3.76.